The van der Waals surface area contributed by atoms with Gasteiger partial charge in [-0.2, -0.15) is 0 Å². The number of nitrogens with zero attached hydrogens (tertiary/aromatic N) is 3. The number of hydrogen-bond donors (Lipinski definition) is 0. The molecule has 170 valence electrons. The van der Waals surface area contributed by atoms with Crippen LogP contribution in [0.15, 0.2) is 42.0 Å². The van der Waals surface area contributed by atoms with Crippen molar-refractivity contribution in [2.24, 2.45) is 11.8 Å². The lowest BCUT2D eigenvalue weighted by molar-refractivity contribution is 0.00116. The van der Waals surface area contributed by atoms with Crippen LogP contribution in [0.1, 0.15) is 49.0 Å². The van der Waals surface area contributed by atoms with E-state index in [1.807, 2.05) is 0 Å². The lowest BCUT2D eigenvalue weighted by Gasteiger charge is -2.54. The number of carbonyl (C=O) groups excluding carboxylic acids is 1. The summed E-state index contributed by atoms with van der Waals surface area (Å²) < 4.78 is 7.55. The fourth-order valence-electron chi connectivity index (χ4n) is 7.16. The molecule has 6 rings (SSSR count). The lowest BCUT2D eigenvalue weighted by atomic mass is 9.68. The van der Waals surface area contributed by atoms with Crippen molar-refractivity contribution in [3.63, 3.8) is 0 Å². The van der Waals surface area contributed by atoms with Gasteiger partial charge in [0.15, 0.2) is 0 Å². The predicted octanol–water partition coefficient (Wildman–Crippen LogP) is 4.32. The number of benzene rings is 1. The van der Waals surface area contributed by atoms with E-state index in [0.29, 0.717) is 25.0 Å². The predicted molar refractivity (Wildman–Crippen MR) is 127 cm³/mol. The first kappa shape index (κ1) is 20.5. The van der Waals surface area contributed by atoms with Gasteiger partial charge in [0.25, 0.3) is 5.91 Å². The molecule has 0 N–H and O–H groups in total. The third-order valence-electron chi connectivity index (χ3n) is 8.47. The maximum atomic E-state index is 14.1. The molecule has 3 saturated heterocycles. The summed E-state index contributed by atoms with van der Waals surface area (Å²) in [6.07, 6.45) is 10.2. The molecule has 2 aromatic rings. The fraction of sp³-hybridized carbons (Fsp3) is 0.593. The molecule has 0 unspecified atom stereocenters. The van der Waals surface area contributed by atoms with Gasteiger partial charge in [0.1, 0.15) is 5.69 Å². The summed E-state index contributed by atoms with van der Waals surface area (Å²) in [6, 6.07) is 11.5. The summed E-state index contributed by atoms with van der Waals surface area (Å²) in [5.41, 5.74) is 3.49. The summed E-state index contributed by atoms with van der Waals surface area (Å²) in [4.78, 5) is 19.1. The third-order valence-corrected chi connectivity index (χ3v) is 8.47. The van der Waals surface area contributed by atoms with Gasteiger partial charge in [-0.25, -0.2) is 0 Å². The van der Waals surface area contributed by atoms with Crippen LogP contribution in [0.25, 0.3) is 10.9 Å². The molecule has 0 saturated carbocycles. The number of likely N-dealkylation sites (tertiary alicyclic amines) is 1. The molecule has 4 aliphatic rings. The van der Waals surface area contributed by atoms with Crippen LogP contribution in [0.5, 0.6) is 0 Å². The molecule has 5 heteroatoms. The van der Waals surface area contributed by atoms with E-state index >= 15 is 0 Å². The van der Waals surface area contributed by atoms with Crippen molar-refractivity contribution in [2.45, 2.75) is 57.2 Å². The van der Waals surface area contributed by atoms with Crippen molar-refractivity contribution in [1.82, 2.24) is 14.4 Å². The zero-order valence-corrected chi connectivity index (χ0v) is 19.2. The number of fused-ring (bicyclic) bond motifs is 7. The molecule has 1 amide bonds. The van der Waals surface area contributed by atoms with Gasteiger partial charge in [0, 0.05) is 43.7 Å². The SMILES string of the molecule is COCCn1c(C(=O)N2CCCC3=C[C@H]4C[C@H](CN5CCCC[C@@H]45)[C@@H]32)cc2ccccc21. The highest BCUT2D eigenvalue weighted by molar-refractivity contribution is 5.99. The normalized spacial score (nSPS) is 30.0. The zero-order valence-electron chi connectivity index (χ0n) is 19.2. The van der Waals surface area contributed by atoms with E-state index in [1.165, 1.54) is 45.2 Å². The van der Waals surface area contributed by atoms with Gasteiger partial charge in [-0.1, -0.05) is 36.3 Å². The van der Waals surface area contributed by atoms with Crippen LogP contribution in [-0.4, -0.2) is 65.7 Å². The van der Waals surface area contributed by atoms with E-state index in [4.69, 9.17) is 4.74 Å². The Morgan fingerprint density at radius 1 is 1.16 bits per heavy atom. The number of piperidine rings is 3. The summed E-state index contributed by atoms with van der Waals surface area (Å²) in [5, 5.41) is 1.14. The van der Waals surface area contributed by atoms with Gasteiger partial charge in [-0.15, -0.1) is 0 Å². The number of amides is 1. The molecule has 4 atom stereocenters. The Bertz CT molecular complexity index is 1040. The fourth-order valence-corrected chi connectivity index (χ4v) is 7.16. The number of rotatable bonds is 4. The van der Waals surface area contributed by atoms with Gasteiger partial charge in [-0.3, -0.25) is 9.69 Å². The summed E-state index contributed by atoms with van der Waals surface area (Å²) >= 11 is 0. The molecule has 5 nitrogen and oxygen atoms in total. The second-order valence-electron chi connectivity index (χ2n) is 10.2. The Balaban J connectivity index is 1.35. The number of hydrogen-bond acceptors (Lipinski definition) is 3. The number of methoxy groups -OCH3 is 1. The first-order chi connectivity index (χ1) is 15.7. The minimum atomic E-state index is 0.201. The van der Waals surface area contributed by atoms with Crippen LogP contribution >= 0.6 is 0 Å². The van der Waals surface area contributed by atoms with Crippen molar-refractivity contribution < 1.29 is 9.53 Å². The van der Waals surface area contributed by atoms with Crippen molar-refractivity contribution >= 4 is 16.8 Å². The molecular formula is C27H35N3O2. The quantitative estimate of drug-likeness (QED) is 0.674. The topological polar surface area (TPSA) is 37.7 Å². The highest BCUT2D eigenvalue weighted by atomic mass is 16.5. The number of para-hydroxylation sites is 1. The molecule has 32 heavy (non-hydrogen) atoms. The molecule has 3 aliphatic heterocycles. The Morgan fingerprint density at radius 3 is 2.97 bits per heavy atom. The third kappa shape index (κ3) is 3.32. The average Bonchev–Trinajstić information content (AvgIpc) is 3.20. The summed E-state index contributed by atoms with van der Waals surface area (Å²) in [6.45, 7) is 4.59. The molecule has 4 heterocycles. The monoisotopic (exact) mass is 433 g/mol. The van der Waals surface area contributed by atoms with E-state index < -0.39 is 0 Å². The maximum absolute atomic E-state index is 14.1. The van der Waals surface area contributed by atoms with E-state index in [1.54, 1.807) is 12.7 Å². The number of ether oxygens (including phenoxy) is 1. The minimum absolute atomic E-state index is 0.201. The maximum Gasteiger partial charge on any atom is 0.271 e. The second-order valence-corrected chi connectivity index (χ2v) is 10.2. The van der Waals surface area contributed by atoms with E-state index in [0.717, 1.165) is 35.6 Å². The Morgan fingerprint density at radius 2 is 2.06 bits per heavy atom. The molecular weight excluding hydrogens is 398 g/mol. The minimum Gasteiger partial charge on any atom is -0.383 e. The van der Waals surface area contributed by atoms with Crippen molar-refractivity contribution in [2.75, 3.05) is 33.4 Å². The second kappa shape index (κ2) is 8.35. The molecule has 3 fully saturated rings. The van der Waals surface area contributed by atoms with Gasteiger partial charge in [-0.05, 0) is 62.6 Å². The summed E-state index contributed by atoms with van der Waals surface area (Å²) in [7, 11) is 1.73. The van der Waals surface area contributed by atoms with Crippen LogP contribution in [0.3, 0.4) is 0 Å². The highest BCUT2D eigenvalue weighted by Gasteiger charge is 2.47. The molecule has 2 bridgehead atoms. The van der Waals surface area contributed by atoms with Crippen molar-refractivity contribution in [3.05, 3.63) is 47.7 Å². The molecule has 1 aliphatic carbocycles. The van der Waals surface area contributed by atoms with Crippen LogP contribution in [0, 0.1) is 11.8 Å². The first-order valence-corrected chi connectivity index (χ1v) is 12.6. The van der Waals surface area contributed by atoms with Gasteiger partial charge < -0.3 is 14.2 Å². The molecule has 1 aromatic carbocycles. The first-order valence-electron chi connectivity index (χ1n) is 12.6. The Kier molecular flexibility index (Phi) is 5.34. The largest absolute Gasteiger partial charge is 0.383 e. The summed E-state index contributed by atoms with van der Waals surface area (Å²) in [5.74, 6) is 1.48. The molecule has 0 radical (unpaired) electrons. The molecule has 1 aromatic heterocycles. The Labute approximate surface area is 191 Å². The van der Waals surface area contributed by atoms with Crippen LogP contribution in [0.2, 0.25) is 0 Å². The van der Waals surface area contributed by atoms with Crippen molar-refractivity contribution in [3.8, 4) is 0 Å². The van der Waals surface area contributed by atoms with Crippen molar-refractivity contribution in [1.29, 1.82) is 0 Å². The van der Waals surface area contributed by atoms with Crippen LogP contribution < -0.4 is 0 Å². The number of aromatic nitrogens is 1. The van der Waals surface area contributed by atoms with Crippen LogP contribution in [0.4, 0.5) is 0 Å². The lowest BCUT2D eigenvalue weighted by Crippen LogP contribution is -2.60. The van der Waals surface area contributed by atoms with Gasteiger partial charge in [0.2, 0.25) is 0 Å². The molecule has 0 spiro atoms. The zero-order chi connectivity index (χ0) is 21.7. The highest BCUT2D eigenvalue weighted by Crippen LogP contribution is 2.45. The van der Waals surface area contributed by atoms with Crippen LogP contribution in [-0.2, 0) is 11.3 Å². The smallest absolute Gasteiger partial charge is 0.271 e. The van der Waals surface area contributed by atoms with Gasteiger partial charge in [0.05, 0.1) is 12.6 Å². The number of carbonyl (C=O) groups is 1. The average molecular weight is 434 g/mol. The van der Waals surface area contributed by atoms with E-state index in [2.05, 4.69) is 50.8 Å². The van der Waals surface area contributed by atoms with Gasteiger partial charge >= 0.3 is 0 Å². The standard InChI is InChI=1S/C27H35N3O2/c1-32-14-13-29-24-10-3-2-7-19(24)17-25(29)27(31)30-12-6-8-20-15-21-16-22(26(20)30)18-28-11-5-4-9-23(21)28/h2-3,7,10,15,17,21-23,26H,4-6,8-9,11-14,16,18H2,1H3/t21-,22+,23-,26+/m0/s1. The van der Waals surface area contributed by atoms with E-state index in [-0.39, 0.29) is 11.9 Å². The van der Waals surface area contributed by atoms with E-state index in [9.17, 15) is 4.79 Å². The Hall–Kier alpha value is -2.11.